The van der Waals surface area contributed by atoms with Gasteiger partial charge in [-0.3, -0.25) is 14.5 Å². The summed E-state index contributed by atoms with van der Waals surface area (Å²) in [4.78, 5) is 42.8. The summed E-state index contributed by atoms with van der Waals surface area (Å²) in [5.74, 6) is -3.96. The Kier molecular flexibility index (Phi) is 6.85. The number of carboxylic acid groups (broad SMARTS) is 1. The van der Waals surface area contributed by atoms with Gasteiger partial charge in [-0.25, -0.2) is 18.0 Å². The molecule has 8 nitrogen and oxygen atoms in total. The Morgan fingerprint density at radius 3 is 2.37 bits per heavy atom. The molecule has 0 spiro atoms. The number of rotatable bonds is 6. The number of carbonyl (C=O) groups is 3. The summed E-state index contributed by atoms with van der Waals surface area (Å²) >= 11 is 6.37. The first-order valence-corrected chi connectivity index (χ1v) is 14.8. The van der Waals surface area contributed by atoms with Crippen LogP contribution in [-0.2, 0) is 17.6 Å². The van der Waals surface area contributed by atoms with Crippen molar-refractivity contribution >= 4 is 29.4 Å². The van der Waals surface area contributed by atoms with Crippen LogP contribution in [0.5, 0.6) is 0 Å². The number of alkyl halides is 1. The quantitative estimate of drug-likeness (QED) is 0.433. The molecule has 7 rings (SSSR count). The van der Waals surface area contributed by atoms with Crippen molar-refractivity contribution in [3.8, 4) is 11.3 Å². The van der Waals surface area contributed by atoms with E-state index < -0.39 is 35.6 Å². The Balaban J connectivity index is 1.25. The van der Waals surface area contributed by atoms with E-state index in [-0.39, 0.29) is 51.7 Å². The van der Waals surface area contributed by atoms with E-state index in [0.717, 1.165) is 23.6 Å². The molecule has 2 saturated heterocycles. The summed E-state index contributed by atoms with van der Waals surface area (Å²) < 4.78 is 44.3. The lowest BCUT2D eigenvalue weighted by molar-refractivity contribution is -0.146. The second-order valence-corrected chi connectivity index (χ2v) is 12.4. The third kappa shape index (κ3) is 4.82. The van der Waals surface area contributed by atoms with Gasteiger partial charge in [0.1, 0.15) is 17.8 Å². The van der Waals surface area contributed by atoms with Crippen molar-refractivity contribution in [2.45, 2.75) is 50.2 Å². The fraction of sp³-hybridized carbons (Fsp3) is 0.419. The number of likely N-dealkylation sites (tertiary alicyclic amines) is 2. The number of hydrogen-bond donors (Lipinski definition) is 1. The second-order valence-electron chi connectivity index (χ2n) is 12.0. The van der Waals surface area contributed by atoms with Gasteiger partial charge >= 0.3 is 5.97 Å². The number of benzene rings is 2. The minimum absolute atomic E-state index is 0.00228. The van der Waals surface area contributed by atoms with Crippen LogP contribution in [0.1, 0.15) is 62.7 Å². The van der Waals surface area contributed by atoms with Crippen molar-refractivity contribution in [2.75, 3.05) is 26.2 Å². The average Bonchev–Trinajstić information content (AvgIpc) is 3.72. The van der Waals surface area contributed by atoms with Gasteiger partial charge in [-0.1, -0.05) is 17.7 Å². The molecule has 4 aliphatic rings. The molecule has 43 heavy (non-hydrogen) atoms. The van der Waals surface area contributed by atoms with Crippen LogP contribution < -0.4 is 0 Å². The number of aromatic carboxylic acids is 1. The smallest absolute Gasteiger partial charge is 0.335 e. The zero-order chi connectivity index (χ0) is 30.2. The normalized spacial score (nSPS) is 20.8. The van der Waals surface area contributed by atoms with Gasteiger partial charge in [0.05, 0.1) is 27.5 Å². The molecular weight excluding hydrogens is 585 g/mol. The van der Waals surface area contributed by atoms with E-state index >= 15 is 4.39 Å². The van der Waals surface area contributed by atoms with Gasteiger partial charge in [0.25, 0.3) is 5.91 Å². The Morgan fingerprint density at radius 1 is 0.977 bits per heavy atom. The van der Waals surface area contributed by atoms with Crippen LogP contribution in [0, 0.1) is 17.6 Å². The van der Waals surface area contributed by atoms with Gasteiger partial charge in [-0.2, -0.15) is 9.78 Å². The largest absolute Gasteiger partial charge is 0.478 e. The molecule has 1 atom stereocenters. The number of amides is 1. The van der Waals surface area contributed by atoms with Crippen LogP contribution in [-0.4, -0.2) is 80.9 Å². The molecule has 0 bridgehead atoms. The number of carbonyl (C=O) groups excluding carboxylic acids is 2. The molecule has 1 unspecified atom stereocenters. The summed E-state index contributed by atoms with van der Waals surface area (Å²) in [6.45, 7) is 1.81. The van der Waals surface area contributed by atoms with Crippen molar-refractivity contribution in [3.05, 3.63) is 74.9 Å². The molecule has 3 aromatic rings. The Labute approximate surface area is 250 Å². The molecule has 224 valence electrons. The SMILES string of the molecule is O=C(O)c1ccc(-c2nn(C(=O)c3c(C4CC4)ccc(F)c3Cl)c3c2CCC(C(=O)N2CC(N4CC(F)C4)C2)C3)c(F)c1. The van der Waals surface area contributed by atoms with E-state index in [1.54, 1.807) is 11.0 Å². The Bertz CT molecular complexity index is 1680. The van der Waals surface area contributed by atoms with Crippen molar-refractivity contribution < 1.29 is 32.7 Å². The highest BCUT2D eigenvalue weighted by molar-refractivity contribution is 6.34. The van der Waals surface area contributed by atoms with Gasteiger partial charge in [-0.15, -0.1) is 0 Å². The van der Waals surface area contributed by atoms with Gasteiger partial charge < -0.3 is 10.0 Å². The zero-order valence-corrected chi connectivity index (χ0v) is 23.8. The maximum atomic E-state index is 15.3. The van der Waals surface area contributed by atoms with E-state index in [2.05, 4.69) is 5.10 Å². The van der Waals surface area contributed by atoms with Gasteiger partial charge in [0.2, 0.25) is 5.91 Å². The lowest BCUT2D eigenvalue weighted by Crippen LogP contribution is -2.67. The number of nitrogens with zero attached hydrogens (tertiary/aromatic N) is 4. The topological polar surface area (TPSA) is 95.7 Å². The molecule has 2 aliphatic heterocycles. The molecule has 3 fully saturated rings. The zero-order valence-electron chi connectivity index (χ0n) is 23.0. The average molecular weight is 613 g/mol. The maximum Gasteiger partial charge on any atom is 0.335 e. The highest BCUT2D eigenvalue weighted by atomic mass is 35.5. The second kappa shape index (κ2) is 10.5. The predicted octanol–water partition coefficient (Wildman–Crippen LogP) is 4.72. The third-order valence-corrected chi connectivity index (χ3v) is 9.57. The molecule has 1 amide bonds. The lowest BCUT2D eigenvalue weighted by atomic mass is 9.84. The predicted molar refractivity (Wildman–Crippen MR) is 150 cm³/mol. The van der Waals surface area contributed by atoms with Crippen molar-refractivity contribution in [1.29, 1.82) is 0 Å². The molecule has 1 N–H and O–H groups in total. The summed E-state index contributed by atoms with van der Waals surface area (Å²) in [6.07, 6.45) is 1.79. The Hall–Kier alpha value is -3.70. The first-order chi connectivity index (χ1) is 20.6. The summed E-state index contributed by atoms with van der Waals surface area (Å²) in [5, 5.41) is 13.5. The first kappa shape index (κ1) is 28.1. The fourth-order valence-corrected chi connectivity index (χ4v) is 6.80. The minimum atomic E-state index is -1.28. The number of halogens is 4. The van der Waals surface area contributed by atoms with Crippen LogP contribution in [0.25, 0.3) is 11.3 Å². The number of hydrogen-bond acceptors (Lipinski definition) is 5. The molecule has 12 heteroatoms. The van der Waals surface area contributed by atoms with Gasteiger partial charge in [-0.05, 0) is 61.4 Å². The van der Waals surface area contributed by atoms with Crippen molar-refractivity contribution in [3.63, 3.8) is 0 Å². The summed E-state index contributed by atoms with van der Waals surface area (Å²) in [6, 6.07) is 6.42. The summed E-state index contributed by atoms with van der Waals surface area (Å²) in [7, 11) is 0. The van der Waals surface area contributed by atoms with E-state index in [1.807, 2.05) is 4.90 Å². The van der Waals surface area contributed by atoms with E-state index in [0.29, 0.717) is 55.8 Å². The lowest BCUT2D eigenvalue weighted by Gasteiger charge is -2.50. The molecule has 1 saturated carbocycles. The summed E-state index contributed by atoms with van der Waals surface area (Å²) in [5.41, 5.74) is 1.59. The highest BCUT2D eigenvalue weighted by Crippen LogP contribution is 2.44. The van der Waals surface area contributed by atoms with Crippen LogP contribution in [0.3, 0.4) is 0 Å². The number of aromatic nitrogens is 2. The number of fused-ring (bicyclic) bond motifs is 1. The van der Waals surface area contributed by atoms with Gasteiger partial charge in [0.15, 0.2) is 0 Å². The molecule has 0 radical (unpaired) electrons. The standard InChI is InChI=1S/C31H28ClF3N4O4/c32-27-23(34)8-7-20(15-1-2-15)26(27)30(41)39-25-10-16(29(40)38-13-19(14-38)37-11-18(33)12-37)3-6-22(25)28(36-39)21-5-4-17(31(42)43)9-24(21)35/h4-5,7-9,15-16,18-19H,1-3,6,10-14H2,(H,42,43). The van der Waals surface area contributed by atoms with Crippen LogP contribution in [0.2, 0.25) is 5.02 Å². The van der Waals surface area contributed by atoms with Crippen molar-refractivity contribution in [1.82, 2.24) is 19.6 Å². The first-order valence-electron chi connectivity index (χ1n) is 14.4. The van der Waals surface area contributed by atoms with E-state index in [4.69, 9.17) is 11.6 Å². The monoisotopic (exact) mass is 612 g/mol. The molecule has 1 aromatic heterocycles. The van der Waals surface area contributed by atoms with Crippen molar-refractivity contribution in [2.24, 2.45) is 5.92 Å². The highest BCUT2D eigenvalue weighted by Gasteiger charge is 2.43. The minimum Gasteiger partial charge on any atom is -0.478 e. The van der Waals surface area contributed by atoms with Crippen LogP contribution >= 0.6 is 11.6 Å². The number of carboxylic acids is 1. The van der Waals surface area contributed by atoms with E-state index in [9.17, 15) is 28.3 Å². The maximum absolute atomic E-state index is 15.3. The van der Waals surface area contributed by atoms with E-state index in [1.165, 1.54) is 18.2 Å². The molecule has 2 aromatic carbocycles. The molecule has 3 heterocycles. The molecule has 2 aliphatic carbocycles. The molecular formula is C31H28ClF3N4O4. The van der Waals surface area contributed by atoms with Crippen LogP contribution in [0.4, 0.5) is 13.2 Å². The van der Waals surface area contributed by atoms with Gasteiger partial charge in [0, 0.05) is 55.7 Å². The fourth-order valence-electron chi connectivity index (χ4n) is 6.55. The Morgan fingerprint density at radius 2 is 1.72 bits per heavy atom. The van der Waals surface area contributed by atoms with Crippen LogP contribution in [0.15, 0.2) is 30.3 Å². The third-order valence-electron chi connectivity index (χ3n) is 9.20.